The van der Waals surface area contributed by atoms with E-state index in [9.17, 15) is 5.11 Å². The molecule has 1 N–H and O–H groups in total. The standard InChI is InChI=1S/C13H19N3OS/c1-18-13-14-4-9(5-15-13)6-16-7-10-2-12(17)3-11(10)8-16/h4-5,10-12,17H,2-3,6-8H2,1H3/t10-,11+,12?. The second-order valence-corrected chi connectivity index (χ2v) is 6.19. The van der Waals surface area contributed by atoms with Gasteiger partial charge in [0.05, 0.1) is 6.10 Å². The molecule has 1 aromatic rings. The van der Waals surface area contributed by atoms with Crippen molar-refractivity contribution in [2.45, 2.75) is 30.6 Å². The van der Waals surface area contributed by atoms with Gasteiger partial charge in [-0.05, 0) is 30.9 Å². The zero-order valence-electron chi connectivity index (χ0n) is 10.6. The lowest BCUT2D eigenvalue weighted by atomic mass is 10.0. The number of thioether (sulfide) groups is 1. The van der Waals surface area contributed by atoms with Gasteiger partial charge in [-0.15, -0.1) is 0 Å². The summed E-state index contributed by atoms with van der Waals surface area (Å²) in [7, 11) is 0. The molecule has 1 unspecified atom stereocenters. The predicted octanol–water partition coefficient (Wildman–Crippen LogP) is 1.40. The third kappa shape index (κ3) is 2.53. The van der Waals surface area contributed by atoms with Gasteiger partial charge in [-0.2, -0.15) is 0 Å². The molecule has 3 atom stereocenters. The van der Waals surface area contributed by atoms with Crippen LogP contribution in [-0.2, 0) is 6.54 Å². The van der Waals surface area contributed by atoms with Gasteiger partial charge in [-0.25, -0.2) is 9.97 Å². The van der Waals surface area contributed by atoms with Crippen LogP contribution in [0.25, 0.3) is 0 Å². The number of fused-ring (bicyclic) bond motifs is 1. The molecule has 0 spiro atoms. The van der Waals surface area contributed by atoms with Crippen molar-refractivity contribution in [3.63, 3.8) is 0 Å². The van der Waals surface area contributed by atoms with Gasteiger partial charge in [0.15, 0.2) is 5.16 Å². The van der Waals surface area contributed by atoms with Crippen LogP contribution in [0.5, 0.6) is 0 Å². The molecule has 1 aliphatic carbocycles. The number of hydrogen-bond donors (Lipinski definition) is 1. The van der Waals surface area contributed by atoms with Gasteiger partial charge >= 0.3 is 0 Å². The predicted molar refractivity (Wildman–Crippen MR) is 71.3 cm³/mol. The molecular formula is C13H19N3OS. The van der Waals surface area contributed by atoms with Crippen LogP contribution in [0, 0.1) is 11.8 Å². The third-order valence-corrected chi connectivity index (χ3v) is 4.65. The molecule has 4 nitrogen and oxygen atoms in total. The Labute approximate surface area is 112 Å². The number of nitrogens with zero attached hydrogens (tertiary/aromatic N) is 3. The summed E-state index contributed by atoms with van der Waals surface area (Å²) in [5.74, 6) is 1.40. The first-order chi connectivity index (χ1) is 8.74. The van der Waals surface area contributed by atoms with Crippen molar-refractivity contribution in [1.82, 2.24) is 14.9 Å². The summed E-state index contributed by atoms with van der Waals surface area (Å²) in [6, 6.07) is 0. The van der Waals surface area contributed by atoms with Crippen molar-refractivity contribution in [2.24, 2.45) is 11.8 Å². The van der Waals surface area contributed by atoms with Gasteiger partial charge < -0.3 is 5.11 Å². The number of aliphatic hydroxyl groups is 1. The Morgan fingerprint density at radius 2 is 1.89 bits per heavy atom. The molecule has 0 amide bonds. The molecule has 1 aromatic heterocycles. The SMILES string of the molecule is CSc1ncc(CN2C[C@H]3CC(O)C[C@H]3C2)cn1. The van der Waals surface area contributed by atoms with Crippen molar-refractivity contribution >= 4 is 11.8 Å². The Bertz CT molecular complexity index is 397. The fourth-order valence-electron chi connectivity index (χ4n) is 3.28. The Balaban J connectivity index is 1.58. The number of hydrogen-bond acceptors (Lipinski definition) is 5. The van der Waals surface area contributed by atoms with Crippen LogP contribution in [0.4, 0.5) is 0 Å². The smallest absolute Gasteiger partial charge is 0.187 e. The second-order valence-electron chi connectivity index (χ2n) is 5.42. The maximum absolute atomic E-state index is 9.63. The Morgan fingerprint density at radius 3 is 2.44 bits per heavy atom. The highest BCUT2D eigenvalue weighted by Gasteiger charge is 2.39. The number of rotatable bonds is 3. The highest BCUT2D eigenvalue weighted by molar-refractivity contribution is 7.98. The van der Waals surface area contributed by atoms with Gasteiger partial charge in [0.2, 0.25) is 0 Å². The molecule has 5 heteroatoms. The van der Waals surface area contributed by atoms with Crippen LogP contribution in [0.2, 0.25) is 0 Å². The van der Waals surface area contributed by atoms with E-state index < -0.39 is 0 Å². The molecule has 2 fully saturated rings. The Kier molecular flexibility index (Phi) is 3.54. The minimum Gasteiger partial charge on any atom is -0.393 e. The van der Waals surface area contributed by atoms with E-state index in [1.165, 1.54) is 5.56 Å². The molecule has 0 bridgehead atoms. The molecule has 3 rings (SSSR count). The Hall–Kier alpha value is -0.650. The van der Waals surface area contributed by atoms with Gasteiger partial charge in [-0.1, -0.05) is 11.8 Å². The lowest BCUT2D eigenvalue weighted by Gasteiger charge is -2.17. The zero-order valence-corrected chi connectivity index (χ0v) is 11.4. The van der Waals surface area contributed by atoms with Crippen molar-refractivity contribution in [3.8, 4) is 0 Å². The first-order valence-corrected chi connectivity index (χ1v) is 7.72. The minimum atomic E-state index is -0.0497. The summed E-state index contributed by atoms with van der Waals surface area (Å²) in [4.78, 5) is 11.1. The minimum absolute atomic E-state index is 0.0497. The van der Waals surface area contributed by atoms with E-state index in [4.69, 9.17) is 0 Å². The van der Waals surface area contributed by atoms with Crippen LogP contribution in [-0.4, -0.2) is 45.4 Å². The number of aromatic nitrogens is 2. The fraction of sp³-hybridized carbons (Fsp3) is 0.692. The number of likely N-dealkylation sites (tertiary alicyclic amines) is 1. The first-order valence-electron chi connectivity index (χ1n) is 6.50. The third-order valence-electron chi connectivity index (χ3n) is 4.07. The molecule has 2 heterocycles. The van der Waals surface area contributed by atoms with Crippen molar-refractivity contribution in [2.75, 3.05) is 19.3 Å². The van der Waals surface area contributed by atoms with Crippen molar-refractivity contribution in [1.29, 1.82) is 0 Å². The van der Waals surface area contributed by atoms with E-state index >= 15 is 0 Å². The van der Waals surface area contributed by atoms with Crippen molar-refractivity contribution < 1.29 is 5.11 Å². The molecule has 1 aliphatic heterocycles. The molecule has 2 aliphatic rings. The van der Waals surface area contributed by atoms with Crippen LogP contribution < -0.4 is 0 Å². The van der Waals surface area contributed by atoms with E-state index in [0.717, 1.165) is 37.6 Å². The fourth-order valence-corrected chi connectivity index (χ4v) is 3.60. The van der Waals surface area contributed by atoms with Gasteiger partial charge in [-0.3, -0.25) is 4.90 Å². The quantitative estimate of drug-likeness (QED) is 0.661. The van der Waals surface area contributed by atoms with Crippen LogP contribution >= 0.6 is 11.8 Å². The van der Waals surface area contributed by atoms with Crippen LogP contribution in [0.1, 0.15) is 18.4 Å². The maximum atomic E-state index is 9.63. The summed E-state index contributed by atoms with van der Waals surface area (Å²) in [6.07, 6.45) is 7.78. The highest BCUT2D eigenvalue weighted by atomic mass is 32.2. The van der Waals surface area contributed by atoms with E-state index in [2.05, 4.69) is 14.9 Å². The molecule has 1 saturated carbocycles. The van der Waals surface area contributed by atoms with Gasteiger partial charge in [0.1, 0.15) is 0 Å². The van der Waals surface area contributed by atoms with Crippen molar-refractivity contribution in [3.05, 3.63) is 18.0 Å². The first kappa shape index (κ1) is 12.4. The summed E-state index contributed by atoms with van der Waals surface area (Å²) in [6.45, 7) is 3.18. The monoisotopic (exact) mass is 265 g/mol. The zero-order chi connectivity index (χ0) is 12.5. The number of aliphatic hydroxyl groups excluding tert-OH is 1. The molecule has 18 heavy (non-hydrogen) atoms. The molecular weight excluding hydrogens is 246 g/mol. The van der Waals surface area contributed by atoms with E-state index in [0.29, 0.717) is 11.8 Å². The highest BCUT2D eigenvalue weighted by Crippen LogP contribution is 2.38. The summed E-state index contributed by atoms with van der Waals surface area (Å²) in [5, 5.41) is 10.5. The molecule has 0 aromatic carbocycles. The van der Waals surface area contributed by atoms with E-state index in [1.54, 1.807) is 11.8 Å². The summed E-state index contributed by atoms with van der Waals surface area (Å²) in [5.41, 5.74) is 1.19. The normalized spacial score (nSPS) is 31.8. The average Bonchev–Trinajstić information content (AvgIpc) is 2.86. The average molecular weight is 265 g/mol. The van der Waals surface area contributed by atoms with Crippen LogP contribution in [0.3, 0.4) is 0 Å². The Morgan fingerprint density at radius 1 is 1.28 bits per heavy atom. The summed E-state index contributed by atoms with van der Waals surface area (Å²) >= 11 is 1.57. The van der Waals surface area contributed by atoms with Gasteiger partial charge in [0, 0.05) is 37.6 Å². The molecule has 98 valence electrons. The largest absolute Gasteiger partial charge is 0.393 e. The summed E-state index contributed by atoms with van der Waals surface area (Å²) < 4.78 is 0. The van der Waals surface area contributed by atoms with Gasteiger partial charge in [0.25, 0.3) is 0 Å². The lowest BCUT2D eigenvalue weighted by Crippen LogP contribution is -2.22. The van der Waals surface area contributed by atoms with E-state index in [-0.39, 0.29) is 6.10 Å². The molecule has 1 saturated heterocycles. The van der Waals surface area contributed by atoms with Crippen LogP contribution in [0.15, 0.2) is 17.6 Å². The maximum Gasteiger partial charge on any atom is 0.187 e. The lowest BCUT2D eigenvalue weighted by molar-refractivity contribution is 0.161. The second kappa shape index (κ2) is 5.15. The van der Waals surface area contributed by atoms with E-state index in [1.807, 2.05) is 18.6 Å². The molecule has 0 radical (unpaired) electrons. The topological polar surface area (TPSA) is 49.2 Å².